The number of nitrogens with zero attached hydrogens (tertiary/aromatic N) is 4. The van der Waals surface area contributed by atoms with Crippen LogP contribution in [0.5, 0.6) is 0 Å². The summed E-state index contributed by atoms with van der Waals surface area (Å²) in [6.45, 7) is 23.2. The van der Waals surface area contributed by atoms with Gasteiger partial charge < -0.3 is 15.1 Å². The number of aliphatic imine (C=N–C) groups is 1. The van der Waals surface area contributed by atoms with Crippen LogP contribution in [0, 0.1) is 11.8 Å². The molecule has 2 aliphatic heterocycles. The van der Waals surface area contributed by atoms with E-state index >= 15 is 0 Å². The maximum absolute atomic E-state index is 4.71. The van der Waals surface area contributed by atoms with Crippen LogP contribution in [0.1, 0.15) is 34.1 Å². The van der Waals surface area contributed by atoms with Crippen molar-refractivity contribution in [2.75, 3.05) is 58.9 Å². The minimum atomic E-state index is 0.619. The second-order valence-corrected chi connectivity index (χ2v) is 8.04. The molecule has 2 fully saturated rings. The molecule has 5 nitrogen and oxygen atoms in total. The number of allylic oxidation sites excluding steroid dienone is 2. The molecule has 0 radical (unpaired) electrons. The number of piperazine rings is 1. The van der Waals surface area contributed by atoms with Crippen LogP contribution < -0.4 is 5.32 Å². The van der Waals surface area contributed by atoms with Gasteiger partial charge >= 0.3 is 0 Å². The first-order chi connectivity index (χ1) is 12.5. The van der Waals surface area contributed by atoms with Gasteiger partial charge in [-0.2, -0.15) is 0 Å². The Balaban J connectivity index is 1.83. The molecule has 2 heterocycles. The predicted octanol–water partition coefficient (Wildman–Crippen LogP) is 2.64. The van der Waals surface area contributed by atoms with Crippen LogP contribution in [0.25, 0.3) is 0 Å². The normalized spacial score (nSPS) is 20.0. The highest BCUT2D eigenvalue weighted by molar-refractivity contribution is 5.78. The van der Waals surface area contributed by atoms with Crippen molar-refractivity contribution >= 4 is 6.21 Å². The van der Waals surface area contributed by atoms with E-state index in [9.17, 15) is 0 Å². The Hall–Kier alpha value is -1.33. The van der Waals surface area contributed by atoms with Gasteiger partial charge in [0.1, 0.15) is 5.82 Å². The van der Waals surface area contributed by atoms with Crippen molar-refractivity contribution in [3.8, 4) is 0 Å². The zero-order chi connectivity index (χ0) is 18.9. The highest BCUT2D eigenvalue weighted by atomic mass is 15.3. The maximum atomic E-state index is 4.71. The molecule has 0 atom stereocenters. The van der Waals surface area contributed by atoms with Gasteiger partial charge in [0.15, 0.2) is 0 Å². The summed E-state index contributed by atoms with van der Waals surface area (Å²) >= 11 is 0. The number of hydrogen-bond donors (Lipinski definition) is 1. The zero-order valence-electron chi connectivity index (χ0n) is 17.4. The van der Waals surface area contributed by atoms with Crippen molar-refractivity contribution in [3.63, 3.8) is 0 Å². The summed E-state index contributed by atoms with van der Waals surface area (Å²) < 4.78 is 0. The lowest BCUT2D eigenvalue weighted by molar-refractivity contribution is 0.128. The first kappa shape index (κ1) is 21.0. The second kappa shape index (κ2) is 10.7. The average Bonchev–Trinajstić information content (AvgIpc) is 2.59. The molecule has 2 saturated heterocycles. The van der Waals surface area contributed by atoms with Gasteiger partial charge in [-0.05, 0) is 25.2 Å². The van der Waals surface area contributed by atoms with E-state index in [0.29, 0.717) is 5.92 Å². The summed E-state index contributed by atoms with van der Waals surface area (Å²) in [5.74, 6) is 2.36. The van der Waals surface area contributed by atoms with Crippen molar-refractivity contribution < 1.29 is 0 Å². The third-order valence-corrected chi connectivity index (χ3v) is 5.21. The molecule has 0 aliphatic carbocycles. The third kappa shape index (κ3) is 6.44. The van der Waals surface area contributed by atoms with Crippen LogP contribution in [0.4, 0.5) is 0 Å². The highest BCUT2D eigenvalue weighted by Gasteiger charge is 2.23. The third-order valence-electron chi connectivity index (χ3n) is 5.21. The van der Waals surface area contributed by atoms with Crippen molar-refractivity contribution in [1.29, 1.82) is 0 Å². The van der Waals surface area contributed by atoms with Gasteiger partial charge in [0.25, 0.3) is 0 Å². The molecular formula is C21H39N5. The Kier molecular flexibility index (Phi) is 8.66. The van der Waals surface area contributed by atoms with Crippen molar-refractivity contribution in [2.24, 2.45) is 16.8 Å². The van der Waals surface area contributed by atoms with Gasteiger partial charge in [-0.1, -0.05) is 33.4 Å². The molecule has 0 saturated carbocycles. The topological polar surface area (TPSA) is 34.1 Å². The van der Waals surface area contributed by atoms with Gasteiger partial charge in [0, 0.05) is 58.9 Å². The van der Waals surface area contributed by atoms with Crippen molar-refractivity contribution in [3.05, 3.63) is 24.2 Å². The van der Waals surface area contributed by atoms with E-state index in [1.165, 1.54) is 25.3 Å². The molecule has 148 valence electrons. The summed E-state index contributed by atoms with van der Waals surface area (Å²) in [6, 6.07) is 0. The van der Waals surface area contributed by atoms with Gasteiger partial charge in [0.2, 0.25) is 0 Å². The van der Waals surface area contributed by atoms with Crippen molar-refractivity contribution in [1.82, 2.24) is 20.0 Å². The smallest absolute Gasteiger partial charge is 0.121 e. The summed E-state index contributed by atoms with van der Waals surface area (Å²) in [5.41, 5.74) is 1.22. The van der Waals surface area contributed by atoms with E-state index in [4.69, 9.17) is 4.99 Å². The lowest BCUT2D eigenvalue weighted by atomic mass is 10.0. The van der Waals surface area contributed by atoms with Gasteiger partial charge in [0.05, 0.1) is 11.9 Å². The van der Waals surface area contributed by atoms with Gasteiger partial charge in [-0.15, -0.1) is 0 Å². The minimum absolute atomic E-state index is 0.619. The summed E-state index contributed by atoms with van der Waals surface area (Å²) in [5, 5.41) is 3.37. The number of nitrogens with one attached hydrogen (secondary N) is 1. The molecule has 0 aromatic carbocycles. The molecule has 1 N–H and O–H groups in total. The van der Waals surface area contributed by atoms with Gasteiger partial charge in [-0.3, -0.25) is 4.90 Å². The SMILES string of the molecule is C=C(N=C/C(=C\C)N1CCN(CC2CNC2)CC1)N(CCC)CC(C)C. The molecule has 2 aliphatic rings. The molecule has 0 bridgehead atoms. The molecule has 2 rings (SSSR count). The maximum Gasteiger partial charge on any atom is 0.121 e. The lowest BCUT2D eigenvalue weighted by Crippen LogP contribution is -2.53. The van der Waals surface area contributed by atoms with Crippen LogP contribution in [0.15, 0.2) is 29.2 Å². The summed E-state index contributed by atoms with van der Waals surface area (Å²) in [6.07, 6.45) is 5.31. The zero-order valence-corrected chi connectivity index (χ0v) is 17.4. The average molecular weight is 362 g/mol. The largest absolute Gasteiger partial charge is 0.368 e. The van der Waals surface area contributed by atoms with Crippen LogP contribution in [0.2, 0.25) is 0 Å². The molecule has 0 aromatic heterocycles. The Bertz CT molecular complexity index is 485. The van der Waals surface area contributed by atoms with E-state index in [1.807, 2.05) is 6.21 Å². The number of hydrogen-bond acceptors (Lipinski definition) is 5. The first-order valence-electron chi connectivity index (χ1n) is 10.4. The minimum Gasteiger partial charge on any atom is -0.368 e. The van der Waals surface area contributed by atoms with Crippen LogP contribution >= 0.6 is 0 Å². The standard InChI is InChI=1S/C21H39N5/c1-6-8-26(16-18(3)4)19(5)23-15-21(7-2)25-11-9-24(10-12-25)17-20-13-22-14-20/h7,15,18,20,22H,5-6,8-14,16-17H2,1-4H3/b21-7+,23-15?. The second-order valence-electron chi connectivity index (χ2n) is 8.04. The molecule has 0 spiro atoms. The lowest BCUT2D eigenvalue weighted by Gasteiger charge is -2.39. The fourth-order valence-electron chi connectivity index (χ4n) is 3.63. The van der Waals surface area contributed by atoms with Crippen LogP contribution in [-0.2, 0) is 0 Å². The Labute approximate surface area is 160 Å². The van der Waals surface area contributed by atoms with Gasteiger partial charge in [-0.25, -0.2) is 4.99 Å². The monoisotopic (exact) mass is 361 g/mol. The summed E-state index contributed by atoms with van der Waals surface area (Å²) in [7, 11) is 0. The molecule has 26 heavy (non-hydrogen) atoms. The summed E-state index contributed by atoms with van der Waals surface area (Å²) in [4.78, 5) is 12.1. The fourth-order valence-corrected chi connectivity index (χ4v) is 3.63. The molecule has 0 amide bonds. The van der Waals surface area contributed by atoms with E-state index in [-0.39, 0.29) is 0 Å². The van der Waals surface area contributed by atoms with E-state index in [1.54, 1.807) is 0 Å². The van der Waals surface area contributed by atoms with Crippen LogP contribution in [0.3, 0.4) is 0 Å². The van der Waals surface area contributed by atoms with Crippen LogP contribution in [-0.4, -0.2) is 79.8 Å². The van der Waals surface area contributed by atoms with E-state index < -0.39 is 0 Å². The highest BCUT2D eigenvalue weighted by Crippen LogP contribution is 2.13. The Morgan fingerprint density at radius 1 is 1.27 bits per heavy atom. The number of rotatable bonds is 10. The van der Waals surface area contributed by atoms with Crippen molar-refractivity contribution in [2.45, 2.75) is 34.1 Å². The fraction of sp³-hybridized carbons (Fsp3) is 0.762. The Morgan fingerprint density at radius 2 is 1.96 bits per heavy atom. The van der Waals surface area contributed by atoms with E-state index in [2.05, 4.69) is 60.4 Å². The first-order valence-corrected chi connectivity index (χ1v) is 10.4. The van der Waals surface area contributed by atoms with E-state index in [0.717, 1.165) is 57.4 Å². The molecule has 0 aromatic rings. The Morgan fingerprint density at radius 3 is 2.46 bits per heavy atom. The molecular weight excluding hydrogens is 322 g/mol. The molecule has 5 heteroatoms. The quantitative estimate of drug-likeness (QED) is 0.607. The molecule has 0 unspecified atom stereocenters. The predicted molar refractivity (Wildman–Crippen MR) is 112 cm³/mol.